The minimum absolute atomic E-state index is 0.895. The summed E-state index contributed by atoms with van der Waals surface area (Å²) in [6.45, 7) is 7.56. The molecule has 0 unspecified atom stereocenters. The molecule has 0 radical (unpaired) electrons. The normalized spacial score (nSPS) is 11.6. The molecule has 1 nitrogen and oxygen atoms in total. The molecule has 1 aromatic rings. The molecular weight excluding hydrogens is 191 g/mol. The van der Waals surface area contributed by atoms with Crippen molar-refractivity contribution in [2.45, 2.75) is 19.8 Å². The molecule has 0 aliphatic carbocycles. The van der Waals surface area contributed by atoms with Gasteiger partial charge in [-0.05, 0) is 18.6 Å². The van der Waals surface area contributed by atoms with Crippen molar-refractivity contribution in [1.82, 2.24) is 0 Å². The van der Waals surface area contributed by atoms with Gasteiger partial charge in [0.1, 0.15) is 5.30 Å². The average Bonchev–Trinajstić information content (AvgIpc) is 2.19. The third kappa shape index (κ3) is 3.40. The topological polar surface area (TPSA) is 9.23 Å². The first-order valence-corrected chi connectivity index (χ1v) is 7.81. The van der Waals surface area contributed by atoms with Crippen molar-refractivity contribution in [3.05, 3.63) is 30.3 Å². The van der Waals surface area contributed by atoms with Crippen molar-refractivity contribution in [2.75, 3.05) is 19.9 Å². The second-order valence-corrected chi connectivity index (χ2v) is 7.35. The highest BCUT2D eigenvalue weighted by atomic mass is 31.2. The Morgan fingerprint density at radius 1 is 1.14 bits per heavy atom. The van der Waals surface area contributed by atoms with Crippen LogP contribution in [0.15, 0.2) is 30.3 Å². The van der Waals surface area contributed by atoms with Crippen LogP contribution in [0.1, 0.15) is 19.8 Å². The molecule has 0 N–H and O–H groups in total. The van der Waals surface area contributed by atoms with Crippen LogP contribution in [0.4, 0.5) is 0 Å². The monoisotopic (exact) mass is 211 g/mol. The number of benzene rings is 1. The molecule has 0 aromatic heterocycles. The molecule has 0 amide bonds. The molecule has 78 valence electrons. The van der Waals surface area contributed by atoms with Gasteiger partial charge in [-0.3, -0.25) is 0 Å². The highest BCUT2D eigenvalue weighted by Gasteiger charge is 2.29. The van der Waals surface area contributed by atoms with Gasteiger partial charge in [0.25, 0.3) is 0 Å². The van der Waals surface area contributed by atoms with E-state index in [1.165, 1.54) is 11.7 Å². The zero-order chi connectivity index (χ0) is 10.4. The van der Waals surface area contributed by atoms with E-state index in [1.807, 2.05) is 0 Å². The Balaban J connectivity index is 2.56. The predicted octanol–water partition coefficient (Wildman–Crippen LogP) is 3.32. The van der Waals surface area contributed by atoms with Crippen LogP contribution in [0.25, 0.3) is 0 Å². The largest absolute Gasteiger partial charge is 0.233 e. The molecule has 0 aliphatic heterocycles. The minimum Gasteiger partial charge on any atom is -0.233 e. The Morgan fingerprint density at radius 2 is 1.79 bits per heavy atom. The maximum Gasteiger partial charge on any atom is 0.172 e. The van der Waals surface area contributed by atoms with E-state index >= 15 is 0 Å². The summed E-state index contributed by atoms with van der Waals surface area (Å²) in [7, 11) is -1.32. The first kappa shape index (κ1) is 11.7. The van der Waals surface area contributed by atoms with Crippen LogP contribution in [0.3, 0.4) is 0 Å². The van der Waals surface area contributed by atoms with Crippen molar-refractivity contribution in [2.24, 2.45) is 0 Å². The van der Waals surface area contributed by atoms with Gasteiger partial charge in [0, 0.05) is 0 Å². The van der Waals surface area contributed by atoms with E-state index in [4.69, 9.17) is 4.52 Å². The van der Waals surface area contributed by atoms with Crippen LogP contribution in [-0.2, 0) is 4.52 Å². The fraction of sp³-hybridized carbons (Fsp3) is 0.500. The standard InChI is InChI=1S/C12H20OP/c1-4-5-11-13-14(2,3)12-9-7-6-8-10-12/h6-10H,4-5,11H2,1-3H3/q+1. The summed E-state index contributed by atoms with van der Waals surface area (Å²) >= 11 is 0. The first-order valence-electron chi connectivity index (χ1n) is 5.21. The molecule has 0 saturated heterocycles. The van der Waals surface area contributed by atoms with Crippen LogP contribution in [0.2, 0.25) is 0 Å². The molecule has 14 heavy (non-hydrogen) atoms. The Labute approximate surface area is 87.9 Å². The van der Waals surface area contributed by atoms with Gasteiger partial charge < -0.3 is 0 Å². The van der Waals surface area contributed by atoms with Crippen LogP contribution in [-0.4, -0.2) is 19.9 Å². The summed E-state index contributed by atoms with van der Waals surface area (Å²) in [5.41, 5.74) is 0. The zero-order valence-corrected chi connectivity index (χ0v) is 10.3. The molecule has 0 fully saturated rings. The van der Waals surface area contributed by atoms with Crippen molar-refractivity contribution >= 4 is 12.8 Å². The fourth-order valence-corrected chi connectivity index (χ4v) is 2.92. The SMILES string of the molecule is CCCCO[P+](C)(C)c1ccccc1. The zero-order valence-electron chi connectivity index (χ0n) is 9.36. The van der Waals surface area contributed by atoms with E-state index in [-0.39, 0.29) is 0 Å². The van der Waals surface area contributed by atoms with E-state index in [1.54, 1.807) is 0 Å². The molecule has 0 aliphatic rings. The smallest absolute Gasteiger partial charge is 0.172 e. The Bertz CT molecular complexity index is 256. The van der Waals surface area contributed by atoms with Crippen LogP contribution in [0.5, 0.6) is 0 Å². The lowest BCUT2D eigenvalue weighted by Crippen LogP contribution is -2.11. The lowest BCUT2D eigenvalue weighted by molar-refractivity contribution is 0.340. The van der Waals surface area contributed by atoms with Crippen LogP contribution >= 0.6 is 7.49 Å². The quantitative estimate of drug-likeness (QED) is 0.536. The predicted molar refractivity (Wildman–Crippen MR) is 65.7 cm³/mol. The Morgan fingerprint density at radius 3 is 2.36 bits per heavy atom. The molecule has 2 heteroatoms. The molecule has 0 saturated carbocycles. The minimum atomic E-state index is -1.32. The maximum atomic E-state index is 5.97. The third-order valence-corrected chi connectivity index (χ3v) is 4.66. The van der Waals surface area contributed by atoms with Crippen molar-refractivity contribution in [3.8, 4) is 0 Å². The van der Waals surface area contributed by atoms with Crippen molar-refractivity contribution in [1.29, 1.82) is 0 Å². The summed E-state index contributed by atoms with van der Waals surface area (Å²) in [5.74, 6) is 0. The summed E-state index contributed by atoms with van der Waals surface area (Å²) in [6, 6.07) is 10.6. The van der Waals surface area contributed by atoms with Gasteiger partial charge in [0.2, 0.25) is 0 Å². The molecule has 0 heterocycles. The maximum absolute atomic E-state index is 5.97. The molecule has 0 spiro atoms. The highest BCUT2D eigenvalue weighted by molar-refractivity contribution is 7.77. The number of hydrogen-bond donors (Lipinski definition) is 0. The lowest BCUT2D eigenvalue weighted by Gasteiger charge is -2.16. The molecule has 1 aromatic carbocycles. The van der Waals surface area contributed by atoms with Gasteiger partial charge in [-0.1, -0.05) is 31.5 Å². The summed E-state index contributed by atoms with van der Waals surface area (Å²) in [4.78, 5) is 0. The van der Waals surface area contributed by atoms with Gasteiger partial charge in [0.05, 0.1) is 19.9 Å². The highest BCUT2D eigenvalue weighted by Crippen LogP contribution is 2.50. The Hall–Kier alpha value is -0.390. The van der Waals surface area contributed by atoms with E-state index < -0.39 is 7.49 Å². The van der Waals surface area contributed by atoms with Crippen LogP contribution in [0, 0.1) is 0 Å². The van der Waals surface area contributed by atoms with E-state index in [0.29, 0.717) is 0 Å². The molecule has 0 bridgehead atoms. The van der Waals surface area contributed by atoms with E-state index in [2.05, 4.69) is 50.6 Å². The summed E-state index contributed by atoms with van der Waals surface area (Å²) in [6.07, 6.45) is 2.37. The van der Waals surface area contributed by atoms with E-state index in [9.17, 15) is 0 Å². The number of unbranched alkanes of at least 4 members (excludes halogenated alkanes) is 1. The van der Waals surface area contributed by atoms with Gasteiger partial charge in [0.15, 0.2) is 7.49 Å². The molecule has 0 atom stereocenters. The van der Waals surface area contributed by atoms with Crippen molar-refractivity contribution < 1.29 is 4.52 Å². The lowest BCUT2D eigenvalue weighted by atomic mass is 10.4. The van der Waals surface area contributed by atoms with Crippen molar-refractivity contribution in [3.63, 3.8) is 0 Å². The van der Waals surface area contributed by atoms with Gasteiger partial charge >= 0.3 is 0 Å². The Kier molecular flexibility index (Phi) is 4.57. The second kappa shape index (κ2) is 5.48. The first-order chi connectivity index (χ1) is 6.67. The molecular formula is C12H20OP+. The number of hydrogen-bond acceptors (Lipinski definition) is 1. The fourth-order valence-electron chi connectivity index (χ4n) is 1.30. The van der Waals surface area contributed by atoms with Gasteiger partial charge in [-0.15, -0.1) is 0 Å². The third-order valence-electron chi connectivity index (χ3n) is 2.29. The van der Waals surface area contributed by atoms with Gasteiger partial charge in [-0.25, -0.2) is 4.52 Å². The van der Waals surface area contributed by atoms with Crippen LogP contribution < -0.4 is 5.30 Å². The number of rotatable bonds is 5. The second-order valence-electron chi connectivity index (χ2n) is 3.87. The molecule has 1 rings (SSSR count). The summed E-state index contributed by atoms with van der Waals surface area (Å²) < 4.78 is 5.97. The van der Waals surface area contributed by atoms with E-state index in [0.717, 1.165) is 13.0 Å². The summed E-state index contributed by atoms with van der Waals surface area (Å²) in [5, 5.41) is 1.36. The van der Waals surface area contributed by atoms with Gasteiger partial charge in [-0.2, -0.15) is 0 Å². The average molecular weight is 211 g/mol.